The van der Waals surface area contributed by atoms with Crippen molar-refractivity contribution in [2.24, 2.45) is 0 Å². The van der Waals surface area contributed by atoms with E-state index in [1.807, 2.05) is 0 Å². The Kier molecular flexibility index (Phi) is 3.94. The van der Waals surface area contributed by atoms with Gasteiger partial charge in [0.15, 0.2) is 0 Å². The van der Waals surface area contributed by atoms with Crippen molar-refractivity contribution in [1.82, 2.24) is 4.90 Å². The highest BCUT2D eigenvalue weighted by molar-refractivity contribution is 7.99. The molecule has 2 N–H and O–H groups in total. The lowest BCUT2D eigenvalue weighted by atomic mass is 10.2. The van der Waals surface area contributed by atoms with Gasteiger partial charge in [0.05, 0.1) is 5.88 Å². The van der Waals surface area contributed by atoms with Gasteiger partial charge >= 0.3 is 12.0 Å². The molecular weight excluding hydrogens is 271 g/mol. The summed E-state index contributed by atoms with van der Waals surface area (Å²) in [6.07, 6.45) is 0. The molecule has 1 heterocycles. The number of halogens is 1. The third-order valence-electron chi connectivity index (χ3n) is 2.72. The highest BCUT2D eigenvalue weighted by Crippen LogP contribution is 2.22. The first-order chi connectivity index (χ1) is 8.97. The van der Waals surface area contributed by atoms with E-state index in [1.165, 1.54) is 28.8 Å². The van der Waals surface area contributed by atoms with Crippen LogP contribution in [0.25, 0.3) is 0 Å². The van der Waals surface area contributed by atoms with Gasteiger partial charge in [-0.3, -0.25) is 0 Å². The average Bonchev–Trinajstić information content (AvgIpc) is 2.75. The van der Waals surface area contributed by atoms with Crippen molar-refractivity contribution in [3.05, 3.63) is 29.6 Å². The summed E-state index contributed by atoms with van der Waals surface area (Å²) in [5.41, 5.74) is 1.00. The summed E-state index contributed by atoms with van der Waals surface area (Å²) in [6, 6.07) is 2.81. The Labute approximate surface area is 113 Å². The highest BCUT2D eigenvalue weighted by Gasteiger charge is 2.34. The van der Waals surface area contributed by atoms with Crippen molar-refractivity contribution in [2.45, 2.75) is 13.0 Å². The molecule has 1 saturated heterocycles. The number of carbonyl (C=O) groups excluding carboxylic acids is 1. The molecule has 2 amide bonds. The van der Waals surface area contributed by atoms with E-state index >= 15 is 0 Å². The summed E-state index contributed by atoms with van der Waals surface area (Å²) in [7, 11) is 0. The van der Waals surface area contributed by atoms with Crippen LogP contribution in [-0.2, 0) is 4.79 Å². The maximum absolute atomic E-state index is 13.2. The van der Waals surface area contributed by atoms with Crippen LogP contribution >= 0.6 is 11.8 Å². The van der Waals surface area contributed by atoms with Crippen molar-refractivity contribution in [2.75, 3.05) is 16.9 Å². The Morgan fingerprint density at radius 1 is 1.47 bits per heavy atom. The Morgan fingerprint density at radius 3 is 2.84 bits per heavy atom. The first kappa shape index (κ1) is 13.7. The van der Waals surface area contributed by atoms with Gasteiger partial charge in [0.1, 0.15) is 11.9 Å². The van der Waals surface area contributed by atoms with Crippen LogP contribution in [0.4, 0.5) is 14.9 Å². The van der Waals surface area contributed by atoms with Crippen molar-refractivity contribution >= 4 is 29.4 Å². The SMILES string of the molecule is Cc1cc(F)cc(NC(=O)N2CSCC2C(=O)O)c1. The Balaban J connectivity index is 2.10. The molecule has 1 aliphatic heterocycles. The van der Waals surface area contributed by atoms with Gasteiger partial charge in [-0.05, 0) is 30.7 Å². The molecule has 0 saturated carbocycles. The number of carboxylic acids is 1. The third-order valence-corrected chi connectivity index (χ3v) is 3.73. The number of nitrogens with zero attached hydrogens (tertiary/aromatic N) is 1. The third kappa shape index (κ3) is 3.17. The number of amides is 2. The normalized spacial score (nSPS) is 18.4. The van der Waals surface area contributed by atoms with Crippen LogP contribution in [0.15, 0.2) is 18.2 Å². The van der Waals surface area contributed by atoms with E-state index in [1.54, 1.807) is 13.0 Å². The summed E-state index contributed by atoms with van der Waals surface area (Å²) >= 11 is 1.37. The van der Waals surface area contributed by atoms with Crippen LogP contribution < -0.4 is 5.32 Å². The quantitative estimate of drug-likeness (QED) is 0.873. The number of benzene rings is 1. The number of rotatable bonds is 2. The molecule has 1 atom stereocenters. The van der Waals surface area contributed by atoms with Crippen LogP contribution in [0.5, 0.6) is 0 Å². The van der Waals surface area contributed by atoms with Crippen molar-refractivity contribution in [1.29, 1.82) is 0 Å². The zero-order chi connectivity index (χ0) is 14.0. The summed E-state index contributed by atoms with van der Waals surface area (Å²) in [6.45, 7) is 1.71. The van der Waals surface area contributed by atoms with Crippen molar-refractivity contribution in [3.8, 4) is 0 Å². The lowest BCUT2D eigenvalue weighted by Crippen LogP contribution is -2.43. The van der Waals surface area contributed by atoms with Gasteiger partial charge in [0.2, 0.25) is 0 Å². The van der Waals surface area contributed by atoms with Crippen molar-refractivity contribution in [3.63, 3.8) is 0 Å². The molecule has 19 heavy (non-hydrogen) atoms. The van der Waals surface area contributed by atoms with Gasteiger partial charge in [-0.2, -0.15) is 0 Å². The van der Waals surface area contributed by atoms with Crippen LogP contribution in [0.2, 0.25) is 0 Å². The summed E-state index contributed by atoms with van der Waals surface area (Å²) in [4.78, 5) is 24.2. The lowest BCUT2D eigenvalue weighted by molar-refractivity contribution is -0.140. The molecular formula is C12H13FN2O3S. The summed E-state index contributed by atoms with van der Waals surface area (Å²) < 4.78 is 13.2. The fourth-order valence-corrected chi connectivity index (χ4v) is 3.00. The van der Waals surface area contributed by atoms with E-state index < -0.39 is 23.9 Å². The largest absolute Gasteiger partial charge is 0.480 e. The second-order valence-corrected chi connectivity index (χ2v) is 5.27. The molecule has 1 aliphatic rings. The van der Waals surface area contributed by atoms with E-state index in [9.17, 15) is 14.0 Å². The van der Waals surface area contributed by atoms with Crippen LogP contribution in [0.3, 0.4) is 0 Å². The van der Waals surface area contributed by atoms with E-state index in [-0.39, 0.29) is 0 Å². The number of thioether (sulfide) groups is 1. The molecule has 0 radical (unpaired) electrons. The van der Waals surface area contributed by atoms with E-state index in [2.05, 4.69) is 5.32 Å². The standard InChI is InChI=1S/C12H13FN2O3S/c1-7-2-8(13)4-9(3-7)14-12(18)15-6-19-5-10(15)11(16)17/h2-4,10H,5-6H2,1H3,(H,14,18)(H,16,17). The van der Waals surface area contributed by atoms with Crippen molar-refractivity contribution < 1.29 is 19.1 Å². The molecule has 0 spiro atoms. The van der Waals surface area contributed by atoms with Gasteiger partial charge in [0.25, 0.3) is 0 Å². The number of carboxylic acid groups (broad SMARTS) is 1. The summed E-state index contributed by atoms with van der Waals surface area (Å²) in [5, 5.41) is 11.5. The van der Waals surface area contributed by atoms with E-state index in [4.69, 9.17) is 5.11 Å². The monoisotopic (exact) mass is 284 g/mol. The fraction of sp³-hybridized carbons (Fsp3) is 0.333. The maximum Gasteiger partial charge on any atom is 0.327 e. The molecule has 1 aromatic rings. The number of hydrogen-bond acceptors (Lipinski definition) is 3. The maximum atomic E-state index is 13.2. The molecule has 1 fully saturated rings. The predicted octanol–water partition coefficient (Wildman–Crippen LogP) is 2.13. The van der Waals surface area contributed by atoms with Gasteiger partial charge in [-0.25, -0.2) is 14.0 Å². The zero-order valence-corrected chi connectivity index (χ0v) is 11.0. The Morgan fingerprint density at radius 2 is 2.21 bits per heavy atom. The minimum Gasteiger partial charge on any atom is -0.480 e. The number of aliphatic carboxylic acids is 1. The molecule has 102 valence electrons. The number of nitrogens with one attached hydrogen (secondary N) is 1. The number of carbonyl (C=O) groups is 2. The second-order valence-electron chi connectivity index (χ2n) is 4.27. The first-order valence-corrected chi connectivity index (χ1v) is 6.78. The molecule has 5 nitrogen and oxygen atoms in total. The van der Waals surface area contributed by atoms with Gasteiger partial charge in [-0.1, -0.05) is 0 Å². The Hall–Kier alpha value is -1.76. The topological polar surface area (TPSA) is 69.6 Å². The molecule has 2 rings (SSSR count). The summed E-state index contributed by atoms with van der Waals surface area (Å²) in [5.74, 6) is -0.793. The minimum atomic E-state index is -1.03. The zero-order valence-electron chi connectivity index (χ0n) is 10.2. The molecule has 1 aromatic carbocycles. The van der Waals surface area contributed by atoms with Crippen LogP contribution in [0.1, 0.15) is 5.56 Å². The second kappa shape index (κ2) is 5.48. The smallest absolute Gasteiger partial charge is 0.327 e. The first-order valence-electron chi connectivity index (χ1n) is 5.63. The van der Waals surface area contributed by atoms with Gasteiger partial charge in [-0.15, -0.1) is 11.8 Å². The van der Waals surface area contributed by atoms with Crippen LogP contribution in [0, 0.1) is 12.7 Å². The van der Waals surface area contributed by atoms with E-state index in [0.29, 0.717) is 22.9 Å². The molecule has 0 aliphatic carbocycles. The highest BCUT2D eigenvalue weighted by atomic mass is 32.2. The van der Waals surface area contributed by atoms with E-state index in [0.717, 1.165) is 0 Å². The predicted molar refractivity (Wildman–Crippen MR) is 70.7 cm³/mol. The molecule has 0 aromatic heterocycles. The minimum absolute atomic E-state index is 0.317. The average molecular weight is 284 g/mol. The number of aryl methyl sites for hydroxylation is 1. The van der Waals surface area contributed by atoms with Gasteiger partial charge in [0, 0.05) is 11.4 Å². The molecule has 7 heteroatoms. The number of anilines is 1. The van der Waals surface area contributed by atoms with Gasteiger partial charge < -0.3 is 15.3 Å². The number of hydrogen-bond donors (Lipinski definition) is 2. The molecule has 0 bridgehead atoms. The fourth-order valence-electron chi connectivity index (χ4n) is 1.85. The van der Waals surface area contributed by atoms with Crippen LogP contribution in [-0.4, -0.2) is 39.7 Å². The number of urea groups is 1. The Bertz CT molecular complexity index is 503. The molecule has 1 unspecified atom stereocenters. The lowest BCUT2D eigenvalue weighted by Gasteiger charge is -2.21.